The zero-order valence-corrected chi connectivity index (χ0v) is 18.8. The first kappa shape index (κ1) is 22.3. The van der Waals surface area contributed by atoms with Crippen molar-refractivity contribution in [1.82, 2.24) is 15.2 Å². The normalized spacial score (nSPS) is 10.5. The lowest BCUT2D eigenvalue weighted by molar-refractivity contribution is -0.121. The van der Waals surface area contributed by atoms with Gasteiger partial charge in [0.2, 0.25) is 5.91 Å². The molecule has 0 saturated heterocycles. The Morgan fingerprint density at radius 1 is 0.970 bits per heavy atom. The second-order valence-corrected chi connectivity index (χ2v) is 8.21. The van der Waals surface area contributed by atoms with E-state index in [1.54, 1.807) is 28.7 Å². The number of carbonyl (C=O) groups is 2. The summed E-state index contributed by atoms with van der Waals surface area (Å²) in [6, 6.07) is 23.0. The standard InChI is InChI=1S/C25H24N4O3S/c30-23(26-16-21-12-7-15-32-21)13-14-29(17-19-8-3-1-4-9-19)24(31)22-18-33-25(28-22)27-20-10-5-2-6-11-20/h1-12,15,18H,13-14,16-17H2,(H,26,30)(H,27,28). The van der Waals surface area contributed by atoms with Gasteiger partial charge in [-0.15, -0.1) is 11.3 Å². The first-order valence-corrected chi connectivity index (χ1v) is 11.5. The molecule has 0 spiro atoms. The highest BCUT2D eigenvalue weighted by atomic mass is 32.1. The van der Waals surface area contributed by atoms with Crippen molar-refractivity contribution in [3.8, 4) is 0 Å². The number of carbonyl (C=O) groups excluding carboxylic acids is 2. The van der Waals surface area contributed by atoms with Crippen LogP contribution in [0.4, 0.5) is 10.8 Å². The fourth-order valence-corrected chi connectivity index (χ4v) is 3.92. The van der Waals surface area contributed by atoms with E-state index in [-0.39, 0.29) is 24.8 Å². The number of hydrogen-bond donors (Lipinski definition) is 2. The van der Waals surface area contributed by atoms with Gasteiger partial charge in [0.1, 0.15) is 11.5 Å². The number of thiazole rings is 1. The largest absolute Gasteiger partial charge is 0.467 e. The van der Waals surface area contributed by atoms with Gasteiger partial charge < -0.3 is 20.0 Å². The fourth-order valence-electron chi connectivity index (χ4n) is 3.22. The van der Waals surface area contributed by atoms with E-state index >= 15 is 0 Å². The number of hydrogen-bond acceptors (Lipinski definition) is 6. The van der Waals surface area contributed by atoms with Gasteiger partial charge in [-0.3, -0.25) is 9.59 Å². The highest BCUT2D eigenvalue weighted by Crippen LogP contribution is 2.22. The average Bonchev–Trinajstić information content (AvgIpc) is 3.54. The van der Waals surface area contributed by atoms with Crippen molar-refractivity contribution < 1.29 is 14.0 Å². The predicted octanol–water partition coefficient (Wildman–Crippen LogP) is 4.83. The lowest BCUT2D eigenvalue weighted by atomic mass is 10.2. The Bertz CT molecular complexity index is 1160. The molecule has 2 aromatic heterocycles. The SMILES string of the molecule is O=C(CCN(Cc1ccccc1)C(=O)c1csc(Nc2ccccc2)n1)NCc1ccco1. The molecule has 0 unspecified atom stereocenters. The van der Waals surface area contributed by atoms with Crippen LogP contribution in [0.15, 0.2) is 88.9 Å². The van der Waals surface area contributed by atoms with Crippen LogP contribution in [-0.4, -0.2) is 28.2 Å². The number of anilines is 2. The van der Waals surface area contributed by atoms with Gasteiger partial charge in [-0.25, -0.2) is 4.98 Å². The molecule has 4 rings (SSSR count). The molecule has 8 heteroatoms. The number of aromatic nitrogens is 1. The quantitative estimate of drug-likeness (QED) is 0.354. The molecule has 2 amide bonds. The summed E-state index contributed by atoms with van der Waals surface area (Å²) in [4.78, 5) is 31.7. The van der Waals surface area contributed by atoms with Gasteiger partial charge in [-0.2, -0.15) is 0 Å². The summed E-state index contributed by atoms with van der Waals surface area (Å²) in [5, 5.41) is 8.41. The van der Waals surface area contributed by atoms with Crippen molar-refractivity contribution in [1.29, 1.82) is 0 Å². The maximum atomic E-state index is 13.3. The molecular formula is C25H24N4O3S. The minimum absolute atomic E-state index is 0.151. The molecule has 2 N–H and O–H groups in total. The van der Waals surface area contributed by atoms with Crippen LogP contribution in [-0.2, 0) is 17.9 Å². The third-order valence-electron chi connectivity index (χ3n) is 4.90. The number of nitrogens with zero attached hydrogens (tertiary/aromatic N) is 2. The number of furan rings is 1. The van der Waals surface area contributed by atoms with Gasteiger partial charge in [0.25, 0.3) is 5.91 Å². The molecule has 0 aliphatic rings. The van der Waals surface area contributed by atoms with Gasteiger partial charge in [-0.1, -0.05) is 48.5 Å². The van der Waals surface area contributed by atoms with Crippen molar-refractivity contribution in [2.24, 2.45) is 0 Å². The second kappa shape index (κ2) is 11.1. The van der Waals surface area contributed by atoms with Crippen molar-refractivity contribution in [2.45, 2.75) is 19.5 Å². The van der Waals surface area contributed by atoms with E-state index in [0.717, 1.165) is 11.3 Å². The average molecular weight is 461 g/mol. The Morgan fingerprint density at radius 2 is 1.73 bits per heavy atom. The maximum absolute atomic E-state index is 13.3. The number of nitrogens with one attached hydrogen (secondary N) is 2. The number of benzene rings is 2. The maximum Gasteiger partial charge on any atom is 0.273 e. The van der Waals surface area contributed by atoms with Crippen LogP contribution in [0, 0.1) is 0 Å². The summed E-state index contributed by atoms with van der Waals surface area (Å²) in [6.07, 6.45) is 1.75. The van der Waals surface area contributed by atoms with Crippen LogP contribution >= 0.6 is 11.3 Å². The second-order valence-electron chi connectivity index (χ2n) is 7.35. The van der Waals surface area contributed by atoms with E-state index in [4.69, 9.17) is 4.42 Å². The molecule has 168 valence electrons. The lowest BCUT2D eigenvalue weighted by Gasteiger charge is -2.22. The van der Waals surface area contributed by atoms with Gasteiger partial charge in [-0.05, 0) is 29.8 Å². The summed E-state index contributed by atoms with van der Waals surface area (Å²) >= 11 is 1.37. The molecule has 0 aliphatic heterocycles. The Hall–Kier alpha value is -3.91. The number of para-hydroxylation sites is 1. The summed E-state index contributed by atoms with van der Waals surface area (Å²) in [5.74, 6) is 0.318. The molecule has 4 aromatic rings. The molecule has 7 nitrogen and oxygen atoms in total. The molecule has 0 atom stereocenters. The highest BCUT2D eigenvalue weighted by molar-refractivity contribution is 7.14. The Kier molecular flexibility index (Phi) is 7.50. The molecule has 2 aromatic carbocycles. The minimum Gasteiger partial charge on any atom is -0.467 e. The summed E-state index contributed by atoms with van der Waals surface area (Å²) in [7, 11) is 0. The zero-order valence-electron chi connectivity index (χ0n) is 17.9. The predicted molar refractivity (Wildman–Crippen MR) is 128 cm³/mol. The molecule has 0 aliphatic carbocycles. The van der Waals surface area contributed by atoms with E-state index in [1.165, 1.54) is 11.3 Å². The minimum atomic E-state index is -0.213. The van der Waals surface area contributed by atoms with Gasteiger partial charge in [0.15, 0.2) is 5.13 Å². The van der Waals surface area contributed by atoms with E-state index in [1.807, 2.05) is 60.7 Å². The summed E-state index contributed by atoms with van der Waals surface area (Å²) in [5.41, 5.74) is 2.24. The fraction of sp³-hybridized carbons (Fsp3) is 0.160. The summed E-state index contributed by atoms with van der Waals surface area (Å²) in [6.45, 7) is 0.986. The monoisotopic (exact) mass is 460 g/mol. The molecule has 0 radical (unpaired) electrons. The number of amides is 2. The third kappa shape index (κ3) is 6.54. The van der Waals surface area contributed by atoms with E-state index < -0.39 is 0 Å². The van der Waals surface area contributed by atoms with Crippen molar-refractivity contribution in [2.75, 3.05) is 11.9 Å². The third-order valence-corrected chi connectivity index (χ3v) is 5.66. The van der Waals surface area contributed by atoms with Crippen molar-refractivity contribution >= 4 is 34.0 Å². The van der Waals surface area contributed by atoms with Crippen LogP contribution < -0.4 is 10.6 Å². The molecule has 0 bridgehead atoms. The highest BCUT2D eigenvalue weighted by Gasteiger charge is 2.20. The molecule has 0 fully saturated rings. The van der Waals surface area contributed by atoms with Crippen molar-refractivity contribution in [3.05, 3.63) is 101 Å². The van der Waals surface area contributed by atoms with Crippen molar-refractivity contribution in [3.63, 3.8) is 0 Å². The van der Waals surface area contributed by atoms with Gasteiger partial charge in [0.05, 0.1) is 12.8 Å². The lowest BCUT2D eigenvalue weighted by Crippen LogP contribution is -2.35. The Morgan fingerprint density at radius 3 is 2.45 bits per heavy atom. The Labute approximate surface area is 196 Å². The molecular weight excluding hydrogens is 436 g/mol. The summed E-state index contributed by atoms with van der Waals surface area (Å²) < 4.78 is 5.24. The van der Waals surface area contributed by atoms with Crippen LogP contribution in [0.1, 0.15) is 28.2 Å². The smallest absolute Gasteiger partial charge is 0.273 e. The van der Waals surface area contributed by atoms with Crippen LogP contribution in [0.25, 0.3) is 0 Å². The van der Waals surface area contributed by atoms with Crippen LogP contribution in [0.3, 0.4) is 0 Å². The molecule has 2 heterocycles. The van der Waals surface area contributed by atoms with E-state index in [2.05, 4.69) is 15.6 Å². The number of rotatable bonds is 10. The topological polar surface area (TPSA) is 87.5 Å². The zero-order chi connectivity index (χ0) is 22.9. The molecule has 33 heavy (non-hydrogen) atoms. The first-order valence-electron chi connectivity index (χ1n) is 10.6. The van der Waals surface area contributed by atoms with Crippen LogP contribution in [0.2, 0.25) is 0 Å². The van der Waals surface area contributed by atoms with Gasteiger partial charge in [0, 0.05) is 30.6 Å². The van der Waals surface area contributed by atoms with Crippen LogP contribution in [0.5, 0.6) is 0 Å². The molecule has 0 saturated carbocycles. The Balaban J connectivity index is 1.41. The first-order chi connectivity index (χ1) is 16.2. The van der Waals surface area contributed by atoms with E-state index in [9.17, 15) is 9.59 Å². The van der Waals surface area contributed by atoms with Gasteiger partial charge >= 0.3 is 0 Å². The van der Waals surface area contributed by atoms with E-state index in [0.29, 0.717) is 29.7 Å².